The summed E-state index contributed by atoms with van der Waals surface area (Å²) in [5.41, 5.74) is 6.13. The number of aromatic nitrogens is 4. The normalized spacial score (nSPS) is 22.9. The van der Waals surface area contributed by atoms with Gasteiger partial charge in [0.1, 0.15) is 23.5 Å². The van der Waals surface area contributed by atoms with Gasteiger partial charge in [-0.05, 0) is 36.6 Å². The zero-order chi connectivity index (χ0) is 31.4. The van der Waals surface area contributed by atoms with Crippen molar-refractivity contribution in [3.05, 3.63) is 41.9 Å². The number of benzene rings is 1. The number of phosphoric ester groups is 1. The van der Waals surface area contributed by atoms with E-state index in [0.717, 1.165) is 0 Å². The average Bonchev–Trinajstić information content (AvgIpc) is 3.53. The van der Waals surface area contributed by atoms with Gasteiger partial charge in [0.15, 0.2) is 17.7 Å². The summed E-state index contributed by atoms with van der Waals surface area (Å²) in [6.45, 7) is 4.49. The monoisotopic (exact) mass is 664 g/mol. The second-order valence-electron chi connectivity index (χ2n) is 9.59. The number of nitrogens with one attached hydrogen (secondary N) is 1. The lowest BCUT2D eigenvalue weighted by Gasteiger charge is -2.28. The third kappa shape index (κ3) is 8.28. The summed E-state index contributed by atoms with van der Waals surface area (Å²) >= 11 is 5.88. The van der Waals surface area contributed by atoms with Crippen molar-refractivity contribution in [1.82, 2.24) is 24.6 Å². The highest BCUT2D eigenvalue weighted by Gasteiger charge is 2.44. The van der Waals surface area contributed by atoms with Crippen LogP contribution in [0.4, 0.5) is 10.2 Å². The molecule has 0 saturated carbocycles. The highest BCUT2D eigenvalue weighted by molar-refractivity contribution is 7.63. The van der Waals surface area contributed by atoms with Crippen molar-refractivity contribution in [2.75, 3.05) is 18.9 Å². The van der Waals surface area contributed by atoms with Gasteiger partial charge in [0.25, 0.3) is 0 Å². The van der Waals surface area contributed by atoms with Crippen molar-refractivity contribution in [2.45, 2.75) is 58.2 Å². The molecule has 3 heterocycles. The number of ether oxygens (including phenoxy) is 2. The van der Waals surface area contributed by atoms with Crippen LogP contribution in [0, 0.1) is 5.92 Å². The van der Waals surface area contributed by atoms with Gasteiger partial charge in [0.05, 0.1) is 25.6 Å². The number of carbonyl (C=O) groups is 1. The number of nitrogen functional groups attached to an aromatic ring is 1. The molecule has 1 aliphatic rings. The van der Waals surface area contributed by atoms with Gasteiger partial charge in [-0.25, -0.2) is 18.5 Å². The molecule has 1 aromatic carbocycles. The molecule has 0 bridgehead atoms. The summed E-state index contributed by atoms with van der Waals surface area (Å²) in [6.07, 6.45) is -2.41. The first-order valence-corrected chi connectivity index (χ1v) is 16.7. The lowest BCUT2D eigenvalue weighted by molar-refractivity contribution is -0.146. The molecule has 7 atom stereocenters. The molecular weight excluding hydrogens is 633 g/mol. The summed E-state index contributed by atoms with van der Waals surface area (Å²) in [6, 6.07) is 6.47. The first kappa shape index (κ1) is 33.2. The number of rotatable bonds is 14. The maximum atomic E-state index is 15.0. The molecule has 43 heavy (non-hydrogen) atoms. The number of halogens is 2. The van der Waals surface area contributed by atoms with E-state index >= 15 is 4.39 Å². The molecule has 15 nitrogen and oxygen atoms in total. The summed E-state index contributed by atoms with van der Waals surface area (Å²) < 4.78 is 69.6. The largest absolute Gasteiger partial charge is 0.481 e. The fraction of sp³-hybridized carbons (Fsp3) is 0.500. The number of hydrogen-bond donors (Lipinski definition) is 3. The smallest absolute Gasteiger partial charge is 0.465 e. The van der Waals surface area contributed by atoms with Gasteiger partial charge in [-0.15, -0.1) is 0 Å². The highest BCUT2D eigenvalue weighted by Crippen LogP contribution is 2.61. The molecule has 0 radical (unpaired) electrons. The number of fused-ring (bicyclic) bond motifs is 1. The van der Waals surface area contributed by atoms with Gasteiger partial charge in [0.2, 0.25) is 5.28 Å². The summed E-state index contributed by atoms with van der Waals surface area (Å²) in [4.78, 5) is 35.1. The minimum atomic E-state index is -5.17. The first-order chi connectivity index (χ1) is 20.3. The number of esters is 1. The maximum Gasteiger partial charge on any atom is 0.481 e. The number of alkyl halides is 1. The van der Waals surface area contributed by atoms with E-state index < -0.39 is 58.6 Å². The summed E-state index contributed by atoms with van der Waals surface area (Å²) in [5, 5.41) is 2.27. The lowest BCUT2D eigenvalue weighted by atomic mass is 10.0. The van der Waals surface area contributed by atoms with Crippen molar-refractivity contribution in [1.29, 1.82) is 0 Å². The molecule has 3 aromatic rings. The predicted molar refractivity (Wildman–Crippen MR) is 153 cm³/mol. The Labute approximate surface area is 251 Å². The lowest BCUT2D eigenvalue weighted by Crippen LogP contribution is -2.42. The molecule has 2 aromatic heterocycles. The van der Waals surface area contributed by atoms with Crippen molar-refractivity contribution < 1.29 is 46.0 Å². The Kier molecular flexibility index (Phi) is 10.8. The number of phosphoric acid groups is 1. The fourth-order valence-corrected chi connectivity index (χ4v) is 7.50. The summed E-state index contributed by atoms with van der Waals surface area (Å²) in [7, 11) is -9.95. The Hall–Kier alpha value is -2.68. The third-order valence-electron chi connectivity index (χ3n) is 6.48. The number of hydrogen-bond acceptors (Lipinski definition) is 12. The third-order valence-corrected chi connectivity index (χ3v) is 9.85. The van der Waals surface area contributed by atoms with Crippen molar-refractivity contribution in [2.24, 2.45) is 5.92 Å². The van der Waals surface area contributed by atoms with Gasteiger partial charge < -0.3 is 24.6 Å². The van der Waals surface area contributed by atoms with Crippen LogP contribution in [0.5, 0.6) is 5.75 Å². The molecule has 0 spiro atoms. The van der Waals surface area contributed by atoms with Gasteiger partial charge in [0, 0.05) is 6.42 Å². The molecule has 0 amide bonds. The number of para-hydroxylation sites is 1. The maximum absolute atomic E-state index is 15.0. The first-order valence-electron chi connectivity index (χ1n) is 13.3. The van der Waals surface area contributed by atoms with Crippen LogP contribution >= 0.6 is 27.2 Å². The number of nitrogens with zero attached hydrogens (tertiary/aromatic N) is 4. The van der Waals surface area contributed by atoms with Crippen molar-refractivity contribution >= 4 is 50.1 Å². The van der Waals surface area contributed by atoms with Crippen LogP contribution in [-0.2, 0) is 32.2 Å². The molecule has 0 aliphatic carbocycles. The molecule has 4 N–H and O–H groups in total. The van der Waals surface area contributed by atoms with E-state index in [2.05, 4.69) is 20.0 Å². The molecule has 5 unspecified atom stereocenters. The van der Waals surface area contributed by atoms with Gasteiger partial charge in [-0.2, -0.15) is 19.4 Å². The Bertz CT molecular complexity index is 1520. The Morgan fingerprint density at radius 3 is 2.70 bits per heavy atom. The highest BCUT2D eigenvalue weighted by atomic mass is 35.5. The van der Waals surface area contributed by atoms with E-state index in [0.29, 0.717) is 6.42 Å². The number of carbonyl (C=O) groups excluding carboxylic acids is 1. The van der Waals surface area contributed by atoms with Crippen LogP contribution in [0.3, 0.4) is 0 Å². The van der Waals surface area contributed by atoms with Crippen LogP contribution in [0.2, 0.25) is 5.28 Å². The zero-order valence-electron chi connectivity index (χ0n) is 23.4. The Morgan fingerprint density at radius 2 is 2.02 bits per heavy atom. The topological polar surface area (TPSA) is 199 Å². The van der Waals surface area contributed by atoms with E-state index in [1.165, 1.54) is 23.0 Å². The SMILES string of the molecule is CCOC(=O)C(NP(=O)(Oc1ccccc1)OP(=O)(O)OC[C@@H]1C[C@@H](F)C(n2cnc3c(N)nc(Cl)nc32)O1)C(C)CC. The Morgan fingerprint density at radius 1 is 1.30 bits per heavy atom. The molecule has 1 fully saturated rings. The standard InChI is InChI=1S/C24H32ClFN6O9P2/c1-4-14(3)18(23(33)37-5-2)31-42(34,40-15-9-7-6-8-10-15)41-43(35,36)38-12-16-11-17(26)22(39-16)32-13-28-19-20(27)29-24(25)30-21(19)32/h6-10,13-14,16-18,22H,4-5,11-12H2,1-3H3,(H,31,34)(H,35,36)(H2,27,29,30)/t14?,16-,17+,18?,22?,42?/m0/s1. The number of imidazole rings is 1. The second kappa shape index (κ2) is 14.0. The molecule has 4 rings (SSSR count). The molecule has 236 valence electrons. The predicted octanol–water partition coefficient (Wildman–Crippen LogP) is 4.58. The van der Waals surface area contributed by atoms with Gasteiger partial charge >= 0.3 is 21.5 Å². The quantitative estimate of drug-likeness (QED) is 0.123. The fourth-order valence-electron chi connectivity index (χ4n) is 4.22. The van der Waals surface area contributed by atoms with Crippen molar-refractivity contribution in [3.63, 3.8) is 0 Å². The molecular formula is C24H32ClFN6O9P2. The number of anilines is 1. The van der Waals surface area contributed by atoms with Gasteiger partial charge in [-0.1, -0.05) is 38.5 Å². The van der Waals surface area contributed by atoms with E-state index in [1.807, 2.05) is 0 Å². The minimum Gasteiger partial charge on any atom is -0.465 e. The molecule has 19 heteroatoms. The van der Waals surface area contributed by atoms with Crippen LogP contribution < -0.4 is 15.3 Å². The average molecular weight is 665 g/mol. The van der Waals surface area contributed by atoms with Crippen LogP contribution in [0.15, 0.2) is 36.7 Å². The van der Waals surface area contributed by atoms with Crippen LogP contribution in [-0.4, -0.2) is 61.9 Å². The van der Waals surface area contributed by atoms with Crippen LogP contribution in [0.1, 0.15) is 39.8 Å². The summed E-state index contributed by atoms with van der Waals surface area (Å²) in [5.74, 6) is -1.18. The Balaban J connectivity index is 1.48. The number of nitrogens with two attached hydrogens (primary N) is 1. The van der Waals surface area contributed by atoms with E-state index in [4.69, 9.17) is 40.2 Å². The second-order valence-corrected chi connectivity index (χ2v) is 13.2. The van der Waals surface area contributed by atoms with E-state index in [1.54, 1.807) is 39.0 Å². The van der Waals surface area contributed by atoms with Gasteiger partial charge in [-0.3, -0.25) is 13.9 Å². The van der Waals surface area contributed by atoms with E-state index in [9.17, 15) is 18.8 Å². The molecule has 1 saturated heterocycles. The van der Waals surface area contributed by atoms with E-state index in [-0.39, 0.29) is 41.0 Å². The van der Waals surface area contributed by atoms with Crippen molar-refractivity contribution in [3.8, 4) is 5.75 Å². The minimum absolute atomic E-state index is 0.00491. The molecule has 1 aliphatic heterocycles. The zero-order valence-corrected chi connectivity index (χ0v) is 26.0. The van der Waals surface area contributed by atoms with Crippen LogP contribution in [0.25, 0.3) is 11.2 Å².